The third-order valence-corrected chi connectivity index (χ3v) is 3.53. The Hall–Kier alpha value is -3.27. The Kier molecular flexibility index (Phi) is 6.98. The van der Waals surface area contributed by atoms with Crippen molar-refractivity contribution >= 4 is 11.9 Å². The van der Waals surface area contributed by atoms with Crippen LogP contribution in [0.4, 0.5) is 48.3 Å². The standard InChI is InChI=1S/C15H7F11O6/c1-31-7-5(10(27)28)2-4(3-6(7)11(29)30)32-9(17)8(16)12(18,19)13(20,21)14(22,23)15(24,25)26/h2-3H,1H3,(H,27,28)(H,29,30). The molecule has 0 aromatic heterocycles. The highest BCUT2D eigenvalue weighted by molar-refractivity contribution is 5.99. The number of carboxylic acid groups (broad SMARTS) is 2. The van der Waals surface area contributed by atoms with Crippen LogP contribution in [0, 0.1) is 0 Å². The Morgan fingerprint density at radius 2 is 1.22 bits per heavy atom. The molecule has 0 aliphatic rings. The summed E-state index contributed by atoms with van der Waals surface area (Å²) in [5.41, 5.74) is -2.31. The zero-order chi connectivity index (χ0) is 25.4. The van der Waals surface area contributed by atoms with E-state index >= 15 is 0 Å². The van der Waals surface area contributed by atoms with Crippen molar-refractivity contribution in [2.75, 3.05) is 7.11 Å². The van der Waals surface area contributed by atoms with Gasteiger partial charge >= 0.3 is 41.9 Å². The third-order valence-electron chi connectivity index (χ3n) is 3.53. The van der Waals surface area contributed by atoms with Crippen molar-refractivity contribution in [3.8, 4) is 11.5 Å². The number of carboxylic acids is 2. The molecular formula is C15H7F11O6. The minimum Gasteiger partial charge on any atom is -0.495 e. The number of halogens is 11. The largest absolute Gasteiger partial charge is 0.495 e. The molecule has 0 amide bonds. The highest BCUT2D eigenvalue weighted by Gasteiger charge is 2.83. The first-order valence-electron chi connectivity index (χ1n) is 7.36. The average Bonchev–Trinajstić information content (AvgIpc) is 2.64. The van der Waals surface area contributed by atoms with E-state index in [9.17, 15) is 57.9 Å². The topological polar surface area (TPSA) is 93.1 Å². The quantitative estimate of drug-likeness (QED) is 0.390. The maximum Gasteiger partial charge on any atom is 0.460 e. The Balaban J connectivity index is 3.58. The smallest absolute Gasteiger partial charge is 0.460 e. The van der Waals surface area contributed by atoms with Crippen molar-refractivity contribution < 1.29 is 77.6 Å². The molecule has 0 bridgehead atoms. The van der Waals surface area contributed by atoms with Crippen molar-refractivity contribution in [2.45, 2.75) is 23.9 Å². The lowest BCUT2D eigenvalue weighted by Gasteiger charge is -2.32. The van der Waals surface area contributed by atoms with Gasteiger partial charge in [-0.05, 0) is 12.1 Å². The molecular weight excluding hydrogens is 485 g/mol. The molecule has 2 N–H and O–H groups in total. The second-order valence-corrected chi connectivity index (χ2v) is 5.57. The highest BCUT2D eigenvalue weighted by Crippen LogP contribution is 2.55. The van der Waals surface area contributed by atoms with Crippen LogP contribution < -0.4 is 9.47 Å². The first-order chi connectivity index (χ1) is 14.2. The normalized spacial score (nSPS) is 14.0. The zero-order valence-corrected chi connectivity index (χ0v) is 14.8. The second kappa shape index (κ2) is 8.34. The van der Waals surface area contributed by atoms with Crippen molar-refractivity contribution in [1.29, 1.82) is 0 Å². The van der Waals surface area contributed by atoms with Gasteiger partial charge in [0, 0.05) is 0 Å². The van der Waals surface area contributed by atoms with Crippen LogP contribution in [-0.4, -0.2) is 53.2 Å². The summed E-state index contributed by atoms with van der Waals surface area (Å²) in [6, 6.07) is -3.24. The third kappa shape index (κ3) is 4.36. The summed E-state index contributed by atoms with van der Waals surface area (Å²) >= 11 is 0. The summed E-state index contributed by atoms with van der Waals surface area (Å²) in [6.07, 6.45) is -7.31. The van der Waals surface area contributed by atoms with Crippen molar-refractivity contribution in [2.24, 2.45) is 0 Å². The Morgan fingerprint density at radius 1 is 0.812 bits per heavy atom. The molecule has 0 unspecified atom stereocenters. The van der Waals surface area contributed by atoms with Gasteiger partial charge in [-0.3, -0.25) is 0 Å². The molecule has 1 aromatic rings. The number of allylic oxidation sites excluding steroid dienone is 1. The fourth-order valence-corrected chi connectivity index (χ4v) is 1.98. The van der Waals surface area contributed by atoms with Crippen LogP contribution in [0.5, 0.6) is 11.5 Å². The summed E-state index contributed by atoms with van der Waals surface area (Å²) in [5.74, 6) is -32.8. The predicted molar refractivity (Wildman–Crippen MR) is 77.7 cm³/mol. The SMILES string of the molecule is COc1c(C(=O)O)cc(OC(F)=C(F)C(F)(F)C(F)(F)C(F)(F)C(F)(F)F)cc1C(=O)O. The number of methoxy groups -OCH3 is 1. The number of carbonyl (C=O) groups is 2. The number of hydrogen-bond donors (Lipinski definition) is 2. The van der Waals surface area contributed by atoms with E-state index in [4.69, 9.17) is 10.2 Å². The first-order valence-corrected chi connectivity index (χ1v) is 7.36. The van der Waals surface area contributed by atoms with Gasteiger partial charge in [0.15, 0.2) is 0 Å². The van der Waals surface area contributed by atoms with Crippen molar-refractivity contribution in [1.82, 2.24) is 0 Å². The molecule has 0 aliphatic carbocycles. The number of hydrogen-bond acceptors (Lipinski definition) is 4. The van der Waals surface area contributed by atoms with Crippen LogP contribution in [0.2, 0.25) is 0 Å². The predicted octanol–water partition coefficient (Wildman–Crippen LogP) is 5.05. The lowest BCUT2D eigenvalue weighted by Crippen LogP contribution is -2.61. The first kappa shape index (κ1) is 26.8. The van der Waals surface area contributed by atoms with Crippen LogP contribution in [0.1, 0.15) is 20.7 Å². The van der Waals surface area contributed by atoms with Crippen LogP contribution in [0.15, 0.2) is 24.0 Å². The Morgan fingerprint density at radius 3 is 1.53 bits per heavy atom. The molecule has 0 fully saturated rings. The summed E-state index contributed by atoms with van der Waals surface area (Å²) in [7, 11) is 0.762. The van der Waals surface area contributed by atoms with E-state index in [1.807, 2.05) is 0 Å². The Bertz CT molecular complexity index is 917. The zero-order valence-electron chi connectivity index (χ0n) is 14.8. The van der Waals surface area contributed by atoms with Crippen molar-refractivity contribution in [3.05, 3.63) is 35.1 Å². The molecule has 0 saturated heterocycles. The number of benzene rings is 1. The molecule has 1 aromatic carbocycles. The number of ether oxygens (including phenoxy) is 2. The van der Waals surface area contributed by atoms with Gasteiger partial charge in [0.05, 0.1) is 7.11 Å². The molecule has 0 spiro atoms. The van der Waals surface area contributed by atoms with E-state index in [-0.39, 0.29) is 12.1 Å². The fourth-order valence-electron chi connectivity index (χ4n) is 1.98. The molecule has 0 aliphatic heterocycles. The molecule has 32 heavy (non-hydrogen) atoms. The minimum atomic E-state index is -7.55. The molecule has 180 valence electrons. The monoisotopic (exact) mass is 492 g/mol. The van der Waals surface area contributed by atoms with Crippen LogP contribution in [0.3, 0.4) is 0 Å². The summed E-state index contributed by atoms with van der Waals surface area (Å²) < 4.78 is 150. The van der Waals surface area contributed by atoms with Crippen LogP contribution in [-0.2, 0) is 0 Å². The van der Waals surface area contributed by atoms with Gasteiger partial charge in [-0.2, -0.15) is 48.3 Å². The lowest BCUT2D eigenvalue weighted by atomic mass is 10.0. The highest BCUT2D eigenvalue weighted by atomic mass is 19.4. The van der Waals surface area contributed by atoms with Gasteiger partial charge in [0.1, 0.15) is 22.6 Å². The molecule has 0 radical (unpaired) electrons. The molecule has 17 heteroatoms. The minimum absolute atomic E-state index is 0.126. The van der Waals surface area contributed by atoms with Crippen molar-refractivity contribution in [3.63, 3.8) is 0 Å². The molecule has 0 saturated carbocycles. The number of rotatable bonds is 8. The second-order valence-electron chi connectivity index (χ2n) is 5.57. The number of aromatic carboxylic acids is 2. The lowest BCUT2D eigenvalue weighted by molar-refractivity contribution is -0.392. The Labute approximate surface area is 168 Å². The van der Waals surface area contributed by atoms with Gasteiger partial charge in [-0.1, -0.05) is 0 Å². The fraction of sp³-hybridized carbons (Fsp3) is 0.333. The van der Waals surface area contributed by atoms with Gasteiger partial charge in [-0.25, -0.2) is 9.59 Å². The summed E-state index contributed by atoms with van der Waals surface area (Å²) in [4.78, 5) is 22.2. The summed E-state index contributed by atoms with van der Waals surface area (Å²) in [5, 5.41) is 17.9. The van der Waals surface area contributed by atoms with Gasteiger partial charge < -0.3 is 19.7 Å². The molecule has 0 heterocycles. The van der Waals surface area contributed by atoms with Crippen LogP contribution >= 0.6 is 0 Å². The maximum absolute atomic E-state index is 13.7. The van der Waals surface area contributed by atoms with Gasteiger partial charge in [-0.15, -0.1) is 0 Å². The van der Waals surface area contributed by atoms with E-state index in [2.05, 4.69) is 9.47 Å². The van der Waals surface area contributed by atoms with E-state index in [1.54, 1.807) is 0 Å². The van der Waals surface area contributed by atoms with Gasteiger partial charge in [0.25, 0.3) is 0 Å². The van der Waals surface area contributed by atoms with Gasteiger partial charge in [0.2, 0.25) is 5.83 Å². The maximum atomic E-state index is 13.7. The number of alkyl halides is 9. The van der Waals surface area contributed by atoms with Crippen LogP contribution in [0.25, 0.3) is 0 Å². The summed E-state index contributed by atoms with van der Waals surface area (Å²) in [6.45, 7) is 0. The average molecular weight is 492 g/mol. The molecule has 1 rings (SSSR count). The van der Waals surface area contributed by atoms with E-state index < -0.39 is 70.3 Å². The molecule has 6 nitrogen and oxygen atoms in total. The van der Waals surface area contributed by atoms with E-state index in [1.165, 1.54) is 0 Å². The molecule has 0 atom stereocenters. The van der Waals surface area contributed by atoms with E-state index in [0.29, 0.717) is 0 Å². The van der Waals surface area contributed by atoms with E-state index in [0.717, 1.165) is 7.11 Å².